The summed E-state index contributed by atoms with van der Waals surface area (Å²) in [5, 5.41) is 0. The molecular formula is C21H17F5O3S. The Morgan fingerprint density at radius 2 is 1.40 bits per heavy atom. The molecular weight excluding hydrogens is 427 g/mol. The third-order valence-corrected chi connectivity index (χ3v) is 7.30. The van der Waals surface area contributed by atoms with Gasteiger partial charge in [-0.25, -0.2) is 17.2 Å². The van der Waals surface area contributed by atoms with Gasteiger partial charge in [0.2, 0.25) is 0 Å². The maximum atomic E-state index is 14.2. The Bertz CT molecular complexity index is 1120. The van der Waals surface area contributed by atoms with Crippen LogP contribution in [0.5, 0.6) is 5.75 Å². The van der Waals surface area contributed by atoms with E-state index in [4.69, 9.17) is 4.74 Å². The van der Waals surface area contributed by atoms with Gasteiger partial charge < -0.3 is 4.74 Å². The van der Waals surface area contributed by atoms with Gasteiger partial charge in [-0.1, -0.05) is 12.1 Å². The zero-order chi connectivity index (χ0) is 21.9. The normalized spacial score (nSPS) is 18.2. The molecule has 0 atom stereocenters. The third-order valence-electron chi connectivity index (χ3n) is 5.79. The summed E-state index contributed by atoms with van der Waals surface area (Å²) in [6.07, 6.45) is 3.10. The van der Waals surface area contributed by atoms with Crippen molar-refractivity contribution in [2.75, 3.05) is 7.11 Å². The molecule has 2 aromatic carbocycles. The molecule has 4 rings (SSSR count). The molecule has 30 heavy (non-hydrogen) atoms. The number of halogens is 5. The molecule has 2 aromatic rings. The van der Waals surface area contributed by atoms with Gasteiger partial charge in [-0.2, -0.15) is 13.2 Å². The van der Waals surface area contributed by atoms with Gasteiger partial charge in [0.25, 0.3) is 9.84 Å². The number of alkyl halides is 3. The lowest BCUT2D eigenvalue weighted by molar-refractivity contribution is -0.0436. The topological polar surface area (TPSA) is 43.4 Å². The molecule has 160 valence electrons. The molecule has 1 spiro atoms. The molecule has 0 amide bonds. The minimum Gasteiger partial charge on any atom is -0.491 e. The average Bonchev–Trinajstić information content (AvgIpc) is 3.31. The van der Waals surface area contributed by atoms with E-state index in [2.05, 4.69) is 0 Å². The van der Waals surface area contributed by atoms with Gasteiger partial charge in [0.15, 0.2) is 17.4 Å². The van der Waals surface area contributed by atoms with Crippen molar-refractivity contribution >= 4 is 21.0 Å². The van der Waals surface area contributed by atoms with Crippen LogP contribution in [0.3, 0.4) is 0 Å². The summed E-state index contributed by atoms with van der Waals surface area (Å²) in [7, 11) is -4.28. The van der Waals surface area contributed by atoms with Crippen LogP contribution >= 0.6 is 0 Å². The summed E-state index contributed by atoms with van der Waals surface area (Å²) < 4.78 is 94.7. The molecule has 9 heteroatoms. The third kappa shape index (κ3) is 3.38. The van der Waals surface area contributed by atoms with Crippen LogP contribution in [-0.2, 0) is 9.84 Å². The monoisotopic (exact) mass is 444 g/mol. The molecule has 2 aliphatic rings. The molecule has 0 aromatic heterocycles. The van der Waals surface area contributed by atoms with Gasteiger partial charge in [-0.05, 0) is 77.6 Å². The second-order valence-electron chi connectivity index (χ2n) is 7.76. The van der Waals surface area contributed by atoms with E-state index >= 15 is 0 Å². The van der Waals surface area contributed by atoms with Gasteiger partial charge in [-0.3, -0.25) is 0 Å². The van der Waals surface area contributed by atoms with Crippen LogP contribution in [0, 0.1) is 17.0 Å². The summed E-state index contributed by atoms with van der Waals surface area (Å²) >= 11 is 0. The highest BCUT2D eigenvalue weighted by atomic mass is 32.2. The Balaban J connectivity index is 1.78. The number of sulfone groups is 1. The lowest BCUT2D eigenvalue weighted by Crippen LogP contribution is -2.23. The number of allylic oxidation sites excluding steroid dienone is 2. The van der Waals surface area contributed by atoms with Gasteiger partial charge in [0, 0.05) is 0 Å². The first-order valence-corrected chi connectivity index (χ1v) is 10.6. The van der Waals surface area contributed by atoms with Crippen LogP contribution in [0.15, 0.2) is 41.3 Å². The predicted octanol–water partition coefficient (Wildman–Crippen LogP) is 5.75. The second-order valence-corrected chi connectivity index (χ2v) is 9.70. The van der Waals surface area contributed by atoms with Crippen molar-refractivity contribution in [1.29, 1.82) is 0 Å². The fourth-order valence-corrected chi connectivity index (χ4v) is 4.77. The van der Waals surface area contributed by atoms with E-state index in [0.717, 1.165) is 37.7 Å². The first-order chi connectivity index (χ1) is 14.0. The smallest absolute Gasteiger partial charge is 0.491 e. The molecule has 3 nitrogen and oxygen atoms in total. The van der Waals surface area contributed by atoms with Gasteiger partial charge in [0.05, 0.1) is 12.0 Å². The molecule has 0 heterocycles. The summed E-state index contributed by atoms with van der Waals surface area (Å²) in [5.41, 5.74) is -3.05. The summed E-state index contributed by atoms with van der Waals surface area (Å²) in [5.74, 6) is -2.17. The number of rotatable bonds is 4. The first-order valence-electron chi connectivity index (χ1n) is 9.15. The number of methoxy groups -OCH3 is 1. The van der Waals surface area contributed by atoms with E-state index < -0.39 is 37.6 Å². The van der Waals surface area contributed by atoms with E-state index in [0.29, 0.717) is 29.5 Å². The van der Waals surface area contributed by atoms with Crippen molar-refractivity contribution in [2.24, 2.45) is 5.41 Å². The standard InChI is InChI=1S/C21H17F5O3S/c1-29-19-17(22)8-13(9-18(19)23)16-11-20(6-7-20)10-15(16)12-2-4-14(5-3-12)30(27,28)21(24,25)26/h2-5,8-9H,6-7,10-11H2,1H3. The van der Waals surface area contributed by atoms with Gasteiger partial charge in [-0.15, -0.1) is 0 Å². The number of hydrogen-bond donors (Lipinski definition) is 0. The van der Waals surface area contributed by atoms with Crippen LogP contribution in [0.4, 0.5) is 22.0 Å². The van der Waals surface area contributed by atoms with Crippen LogP contribution in [0.1, 0.15) is 36.8 Å². The molecule has 0 N–H and O–H groups in total. The van der Waals surface area contributed by atoms with Crippen molar-refractivity contribution in [2.45, 2.75) is 36.1 Å². The van der Waals surface area contributed by atoms with E-state index in [1.165, 1.54) is 24.3 Å². The van der Waals surface area contributed by atoms with Crippen molar-refractivity contribution < 1.29 is 35.1 Å². The Morgan fingerprint density at radius 3 is 1.83 bits per heavy atom. The predicted molar refractivity (Wildman–Crippen MR) is 100 cm³/mol. The summed E-state index contributed by atoms with van der Waals surface area (Å²) in [6, 6.07) is 6.81. The van der Waals surface area contributed by atoms with Crippen molar-refractivity contribution in [1.82, 2.24) is 0 Å². The zero-order valence-electron chi connectivity index (χ0n) is 15.8. The Labute approximate surface area is 170 Å². The van der Waals surface area contributed by atoms with Gasteiger partial charge in [0.1, 0.15) is 0 Å². The minimum atomic E-state index is -5.44. The number of hydrogen-bond acceptors (Lipinski definition) is 3. The van der Waals surface area contributed by atoms with Crippen LogP contribution in [0.2, 0.25) is 0 Å². The lowest BCUT2D eigenvalue weighted by atomic mass is 9.97. The summed E-state index contributed by atoms with van der Waals surface area (Å²) in [4.78, 5) is -0.846. The molecule has 1 fully saturated rings. The van der Waals surface area contributed by atoms with E-state index in [-0.39, 0.29) is 5.41 Å². The second kappa shape index (κ2) is 6.80. The van der Waals surface area contributed by atoms with Crippen molar-refractivity contribution in [3.63, 3.8) is 0 Å². The largest absolute Gasteiger partial charge is 0.501 e. The van der Waals surface area contributed by atoms with Crippen LogP contribution < -0.4 is 4.74 Å². The van der Waals surface area contributed by atoms with E-state index in [9.17, 15) is 30.4 Å². The fourth-order valence-electron chi connectivity index (χ4n) is 4.01. The minimum absolute atomic E-state index is 0.00569. The van der Waals surface area contributed by atoms with Crippen molar-refractivity contribution in [3.05, 3.63) is 59.2 Å². The fraction of sp³-hybridized carbons (Fsp3) is 0.333. The molecule has 1 saturated carbocycles. The highest BCUT2D eigenvalue weighted by Gasteiger charge is 2.49. The molecule has 2 aliphatic carbocycles. The quantitative estimate of drug-likeness (QED) is 0.564. The number of benzene rings is 2. The Morgan fingerprint density at radius 1 is 0.900 bits per heavy atom. The average molecular weight is 444 g/mol. The number of ether oxygens (including phenoxy) is 1. The summed E-state index contributed by atoms with van der Waals surface area (Å²) in [6.45, 7) is 0. The van der Waals surface area contributed by atoms with Gasteiger partial charge >= 0.3 is 5.51 Å². The SMILES string of the molecule is COc1c(F)cc(C2=C(c3ccc(S(=O)(=O)C(F)(F)F)cc3)CC3(CC3)C2)cc1F. The van der Waals surface area contributed by atoms with E-state index in [1.807, 2.05) is 0 Å². The highest BCUT2D eigenvalue weighted by Crippen LogP contribution is 2.63. The molecule has 0 bridgehead atoms. The van der Waals surface area contributed by atoms with Crippen LogP contribution in [0.25, 0.3) is 11.1 Å². The first kappa shape index (κ1) is 20.8. The molecule has 0 aliphatic heterocycles. The lowest BCUT2D eigenvalue weighted by Gasteiger charge is -2.12. The maximum absolute atomic E-state index is 14.2. The molecule has 0 radical (unpaired) electrons. The Hall–Kier alpha value is -2.42. The van der Waals surface area contributed by atoms with E-state index in [1.54, 1.807) is 0 Å². The molecule has 0 saturated heterocycles. The highest BCUT2D eigenvalue weighted by molar-refractivity contribution is 7.92. The van der Waals surface area contributed by atoms with Crippen LogP contribution in [-0.4, -0.2) is 21.0 Å². The van der Waals surface area contributed by atoms with Crippen molar-refractivity contribution in [3.8, 4) is 5.75 Å². The maximum Gasteiger partial charge on any atom is 0.501 e. The molecule has 0 unspecified atom stereocenters. The zero-order valence-corrected chi connectivity index (χ0v) is 16.6. The Kier molecular flexibility index (Phi) is 4.72.